The molecule has 0 saturated carbocycles. The molecule has 2 rings (SSSR count). The molecule has 1 saturated heterocycles. The van der Waals surface area contributed by atoms with Crippen LogP contribution in [0.15, 0.2) is 0 Å². The predicted molar refractivity (Wildman–Crippen MR) is 73.3 cm³/mol. The van der Waals surface area contributed by atoms with E-state index in [2.05, 4.69) is 15.5 Å². The van der Waals surface area contributed by atoms with Gasteiger partial charge in [-0.15, -0.1) is 10.2 Å². The Kier molecular flexibility index (Phi) is 4.38. The van der Waals surface area contributed by atoms with E-state index in [1.807, 2.05) is 20.8 Å². The summed E-state index contributed by atoms with van der Waals surface area (Å²) in [5.41, 5.74) is -0.506. The summed E-state index contributed by atoms with van der Waals surface area (Å²) in [5.74, 6) is -0.138. The molecular weight excluding hydrogens is 282 g/mol. The van der Waals surface area contributed by atoms with Crippen molar-refractivity contribution in [1.29, 1.82) is 0 Å². The highest BCUT2D eigenvalue weighted by Crippen LogP contribution is 2.35. The average molecular weight is 301 g/mol. The molecule has 0 aliphatic carbocycles. The summed E-state index contributed by atoms with van der Waals surface area (Å²) >= 11 is 1.22. The molecule has 1 aromatic heterocycles. The summed E-state index contributed by atoms with van der Waals surface area (Å²) in [5, 5.41) is 30.3. The zero-order valence-corrected chi connectivity index (χ0v) is 12.5. The number of aromatic nitrogens is 2. The maximum absolute atomic E-state index is 11.8. The topological polar surface area (TPSA) is 105 Å². The zero-order chi connectivity index (χ0) is 14.9. The summed E-state index contributed by atoms with van der Waals surface area (Å²) in [7, 11) is 0. The molecule has 1 fully saturated rings. The normalized spacial score (nSPS) is 26.8. The molecule has 3 N–H and O–H groups in total. The Hall–Kier alpha value is -1.09. The van der Waals surface area contributed by atoms with Crippen LogP contribution in [0.2, 0.25) is 0 Å². The number of nitrogens with zero attached hydrogens (tertiary/aromatic N) is 2. The van der Waals surface area contributed by atoms with Crippen molar-refractivity contribution in [2.45, 2.75) is 45.5 Å². The van der Waals surface area contributed by atoms with Crippen LogP contribution in [0.1, 0.15) is 38.3 Å². The first kappa shape index (κ1) is 15.3. The lowest BCUT2D eigenvalue weighted by Crippen LogP contribution is -2.27. The number of hydrogen-bond donors (Lipinski definition) is 3. The van der Waals surface area contributed by atoms with E-state index < -0.39 is 17.6 Å². The Bertz CT molecular complexity index is 485. The van der Waals surface area contributed by atoms with Crippen LogP contribution in [0.4, 0.5) is 5.13 Å². The van der Waals surface area contributed by atoms with Gasteiger partial charge in [0.15, 0.2) is 0 Å². The Morgan fingerprint density at radius 3 is 2.75 bits per heavy atom. The average Bonchev–Trinajstić information content (AvgIpc) is 2.94. The molecule has 8 heteroatoms. The van der Waals surface area contributed by atoms with Gasteiger partial charge in [-0.05, 0) is 0 Å². The minimum Gasteiger partial charge on any atom is -0.394 e. The van der Waals surface area contributed by atoms with Gasteiger partial charge in [-0.3, -0.25) is 4.79 Å². The van der Waals surface area contributed by atoms with Gasteiger partial charge in [0.2, 0.25) is 11.0 Å². The van der Waals surface area contributed by atoms with Crippen molar-refractivity contribution >= 4 is 22.4 Å². The molecule has 2 heterocycles. The summed E-state index contributed by atoms with van der Waals surface area (Å²) in [6, 6.07) is 0. The lowest BCUT2D eigenvalue weighted by Gasteiger charge is -2.15. The number of aliphatic hydroxyl groups is 2. The first-order valence-electron chi connectivity index (χ1n) is 6.40. The van der Waals surface area contributed by atoms with E-state index in [1.165, 1.54) is 11.3 Å². The van der Waals surface area contributed by atoms with Crippen LogP contribution in [-0.4, -0.2) is 45.1 Å². The third-order valence-electron chi connectivity index (χ3n) is 3.02. The van der Waals surface area contributed by atoms with Crippen molar-refractivity contribution in [3.8, 4) is 0 Å². The Balaban J connectivity index is 2.01. The highest BCUT2D eigenvalue weighted by atomic mass is 32.1. The predicted octanol–water partition coefficient (Wildman–Crippen LogP) is 0.706. The minimum atomic E-state index is -0.707. The molecule has 1 aromatic rings. The van der Waals surface area contributed by atoms with Crippen molar-refractivity contribution < 1.29 is 19.7 Å². The van der Waals surface area contributed by atoms with Crippen LogP contribution in [0.3, 0.4) is 0 Å². The summed E-state index contributed by atoms with van der Waals surface area (Å²) < 4.78 is 5.49. The van der Waals surface area contributed by atoms with Crippen LogP contribution in [0.5, 0.6) is 0 Å². The van der Waals surface area contributed by atoms with Gasteiger partial charge in [0.05, 0.1) is 12.7 Å². The van der Waals surface area contributed by atoms with Crippen molar-refractivity contribution in [3.05, 3.63) is 5.01 Å². The lowest BCUT2D eigenvalue weighted by molar-refractivity contribution is -0.123. The van der Waals surface area contributed by atoms with Crippen molar-refractivity contribution in [2.75, 3.05) is 11.9 Å². The standard InChI is InChI=1S/C12H19N3O4S/c1-12(2,3)10(18)13-11-15-14-9(20-11)7-4-6(17)8(5-16)19-7/h6-8,16-17H,4-5H2,1-3H3,(H,13,15,18)/t6-,7+,8+/m0/s1. The number of ether oxygens (including phenoxy) is 1. The molecule has 0 spiro atoms. The van der Waals surface area contributed by atoms with E-state index >= 15 is 0 Å². The molecular formula is C12H19N3O4S. The van der Waals surface area contributed by atoms with E-state index in [4.69, 9.17) is 9.84 Å². The number of carbonyl (C=O) groups is 1. The fourth-order valence-electron chi connectivity index (χ4n) is 1.75. The van der Waals surface area contributed by atoms with Crippen LogP contribution in [0, 0.1) is 5.41 Å². The first-order valence-corrected chi connectivity index (χ1v) is 7.22. The summed E-state index contributed by atoms with van der Waals surface area (Å²) in [4.78, 5) is 11.8. The summed E-state index contributed by atoms with van der Waals surface area (Å²) in [6.45, 7) is 5.20. The smallest absolute Gasteiger partial charge is 0.231 e. The number of carbonyl (C=O) groups excluding carboxylic acids is 1. The highest BCUT2D eigenvalue weighted by molar-refractivity contribution is 7.15. The van der Waals surface area contributed by atoms with Crippen LogP contribution in [-0.2, 0) is 9.53 Å². The quantitative estimate of drug-likeness (QED) is 0.759. The Labute approximate surface area is 121 Å². The zero-order valence-electron chi connectivity index (χ0n) is 11.7. The largest absolute Gasteiger partial charge is 0.394 e. The third-order valence-corrected chi connectivity index (χ3v) is 3.95. The number of anilines is 1. The van der Waals surface area contributed by atoms with Crippen LogP contribution < -0.4 is 5.32 Å². The number of amides is 1. The number of rotatable bonds is 3. The maximum atomic E-state index is 11.8. The molecule has 0 radical (unpaired) electrons. The van der Waals surface area contributed by atoms with Crippen molar-refractivity contribution in [2.24, 2.45) is 5.41 Å². The molecule has 0 unspecified atom stereocenters. The van der Waals surface area contributed by atoms with Gasteiger partial charge in [0.25, 0.3) is 0 Å². The second-order valence-electron chi connectivity index (χ2n) is 5.80. The minimum absolute atomic E-state index is 0.138. The summed E-state index contributed by atoms with van der Waals surface area (Å²) in [6.07, 6.45) is -1.31. The van der Waals surface area contributed by atoms with Gasteiger partial charge in [-0.1, -0.05) is 32.1 Å². The lowest BCUT2D eigenvalue weighted by atomic mass is 9.96. The molecule has 20 heavy (non-hydrogen) atoms. The van der Waals surface area contributed by atoms with Gasteiger partial charge >= 0.3 is 0 Å². The number of hydrogen-bond acceptors (Lipinski definition) is 7. The highest BCUT2D eigenvalue weighted by Gasteiger charge is 2.36. The molecule has 0 aromatic carbocycles. The van der Waals surface area contributed by atoms with E-state index in [-0.39, 0.29) is 18.6 Å². The van der Waals surface area contributed by atoms with Gasteiger partial charge in [0, 0.05) is 11.8 Å². The van der Waals surface area contributed by atoms with Crippen LogP contribution >= 0.6 is 11.3 Å². The Morgan fingerprint density at radius 1 is 1.50 bits per heavy atom. The number of nitrogens with one attached hydrogen (secondary N) is 1. The van der Waals surface area contributed by atoms with Gasteiger partial charge in [-0.2, -0.15) is 0 Å². The monoisotopic (exact) mass is 301 g/mol. The third kappa shape index (κ3) is 3.32. The van der Waals surface area contributed by atoms with Gasteiger partial charge in [-0.25, -0.2) is 0 Å². The SMILES string of the molecule is CC(C)(C)C(=O)Nc1nnc([C@H]2C[C@H](O)[C@@H](CO)O2)s1. The van der Waals surface area contributed by atoms with E-state index in [0.717, 1.165) is 0 Å². The fraction of sp³-hybridized carbons (Fsp3) is 0.750. The Morgan fingerprint density at radius 2 is 2.20 bits per heavy atom. The van der Waals surface area contributed by atoms with E-state index in [0.29, 0.717) is 16.6 Å². The van der Waals surface area contributed by atoms with Gasteiger partial charge in [0.1, 0.15) is 17.2 Å². The number of aliphatic hydroxyl groups excluding tert-OH is 2. The molecule has 1 aliphatic heterocycles. The second kappa shape index (κ2) is 5.72. The van der Waals surface area contributed by atoms with E-state index in [9.17, 15) is 9.90 Å². The second-order valence-corrected chi connectivity index (χ2v) is 6.81. The molecule has 1 amide bonds. The van der Waals surface area contributed by atoms with Crippen molar-refractivity contribution in [3.63, 3.8) is 0 Å². The van der Waals surface area contributed by atoms with Crippen LogP contribution in [0.25, 0.3) is 0 Å². The maximum Gasteiger partial charge on any atom is 0.231 e. The van der Waals surface area contributed by atoms with Gasteiger partial charge < -0.3 is 20.3 Å². The molecule has 112 valence electrons. The molecule has 3 atom stereocenters. The molecule has 0 bridgehead atoms. The molecule has 1 aliphatic rings. The first-order chi connectivity index (χ1) is 9.31. The fourth-order valence-corrected chi connectivity index (χ4v) is 2.54. The molecule has 7 nitrogen and oxygen atoms in total. The van der Waals surface area contributed by atoms with E-state index in [1.54, 1.807) is 0 Å². The van der Waals surface area contributed by atoms with Crippen molar-refractivity contribution in [1.82, 2.24) is 10.2 Å².